The number of anilines is 1. The van der Waals surface area contributed by atoms with Crippen molar-refractivity contribution in [2.75, 3.05) is 19.0 Å². The van der Waals surface area contributed by atoms with Crippen LogP contribution in [0.5, 0.6) is 5.75 Å². The van der Waals surface area contributed by atoms with Gasteiger partial charge in [0.05, 0.1) is 18.5 Å². The maximum absolute atomic E-state index is 10.5. The molecule has 0 radical (unpaired) electrons. The summed E-state index contributed by atoms with van der Waals surface area (Å²) in [6.07, 6.45) is 5.45. The lowest BCUT2D eigenvalue weighted by atomic mass is 9.99. The summed E-state index contributed by atoms with van der Waals surface area (Å²) >= 11 is 0. The van der Waals surface area contributed by atoms with Gasteiger partial charge in [-0.2, -0.15) is 0 Å². The summed E-state index contributed by atoms with van der Waals surface area (Å²) in [4.78, 5) is 19.3. The first-order valence-electron chi connectivity index (χ1n) is 10.3. The number of nitrogens with zero attached hydrogens (tertiary/aromatic N) is 2. The molecule has 7 nitrogen and oxygen atoms in total. The Kier molecular flexibility index (Phi) is 6.46. The average Bonchev–Trinajstić information content (AvgIpc) is 3.22. The van der Waals surface area contributed by atoms with E-state index in [1.807, 2.05) is 54.6 Å². The molecule has 0 saturated carbocycles. The number of furan rings is 1. The molecular formula is C25H22N3O4-. The van der Waals surface area contributed by atoms with Gasteiger partial charge in [-0.3, -0.25) is 0 Å². The molecule has 0 saturated heterocycles. The molecule has 2 heterocycles. The highest BCUT2D eigenvalue weighted by molar-refractivity contribution is 6.05. The number of carboxylic acid groups (broad SMARTS) is 1. The van der Waals surface area contributed by atoms with Crippen LogP contribution in [0.2, 0.25) is 0 Å². The SMILES string of the molecule is COc1ccc(-c2c(-c3ccccc3)oc3ncnc(NCCC/C=C/C(=O)[O-])c23)cc1. The minimum absolute atomic E-state index is 0.490. The Hall–Kier alpha value is -4.13. The van der Waals surface area contributed by atoms with E-state index in [4.69, 9.17) is 9.15 Å². The van der Waals surface area contributed by atoms with Crippen LogP contribution in [0.4, 0.5) is 5.82 Å². The third kappa shape index (κ3) is 4.62. The van der Waals surface area contributed by atoms with Gasteiger partial charge in [0.2, 0.25) is 5.71 Å². The number of methoxy groups -OCH3 is 1. The van der Waals surface area contributed by atoms with Crippen LogP contribution in [0, 0.1) is 0 Å². The highest BCUT2D eigenvalue weighted by Gasteiger charge is 2.22. The van der Waals surface area contributed by atoms with Gasteiger partial charge in [0.1, 0.15) is 23.7 Å². The first kappa shape index (κ1) is 21.1. The zero-order valence-electron chi connectivity index (χ0n) is 17.6. The number of carbonyl (C=O) groups is 1. The lowest BCUT2D eigenvalue weighted by Crippen LogP contribution is -2.18. The third-order valence-corrected chi connectivity index (χ3v) is 5.00. The number of hydrogen-bond acceptors (Lipinski definition) is 7. The molecule has 32 heavy (non-hydrogen) atoms. The van der Waals surface area contributed by atoms with Gasteiger partial charge in [0, 0.05) is 17.7 Å². The summed E-state index contributed by atoms with van der Waals surface area (Å²) in [5.74, 6) is 0.954. The predicted molar refractivity (Wildman–Crippen MR) is 121 cm³/mol. The Morgan fingerprint density at radius 2 is 1.88 bits per heavy atom. The zero-order chi connectivity index (χ0) is 22.3. The van der Waals surface area contributed by atoms with Crippen molar-refractivity contribution in [1.29, 1.82) is 0 Å². The van der Waals surface area contributed by atoms with Crippen molar-refractivity contribution in [2.45, 2.75) is 12.8 Å². The molecule has 0 atom stereocenters. The third-order valence-electron chi connectivity index (χ3n) is 5.00. The van der Waals surface area contributed by atoms with E-state index in [-0.39, 0.29) is 0 Å². The van der Waals surface area contributed by atoms with E-state index in [0.29, 0.717) is 30.3 Å². The van der Waals surface area contributed by atoms with Crippen LogP contribution in [-0.2, 0) is 4.79 Å². The van der Waals surface area contributed by atoms with E-state index in [1.54, 1.807) is 13.2 Å². The molecule has 162 valence electrons. The zero-order valence-corrected chi connectivity index (χ0v) is 17.6. The van der Waals surface area contributed by atoms with E-state index in [1.165, 1.54) is 6.33 Å². The fraction of sp³-hybridized carbons (Fsp3) is 0.160. The molecule has 2 aromatic carbocycles. The lowest BCUT2D eigenvalue weighted by molar-refractivity contribution is -0.297. The minimum atomic E-state index is -1.19. The summed E-state index contributed by atoms with van der Waals surface area (Å²) < 4.78 is 11.5. The van der Waals surface area contributed by atoms with Gasteiger partial charge in [-0.15, -0.1) is 0 Å². The number of carbonyl (C=O) groups excluding carboxylic acids is 1. The molecule has 0 unspecified atom stereocenters. The summed E-state index contributed by atoms with van der Waals surface area (Å²) in [6.45, 7) is 0.609. The first-order valence-corrected chi connectivity index (χ1v) is 10.3. The minimum Gasteiger partial charge on any atom is -0.545 e. The summed E-state index contributed by atoms with van der Waals surface area (Å²) in [5, 5.41) is 14.6. The predicted octanol–water partition coefficient (Wildman–Crippen LogP) is 4.06. The maximum Gasteiger partial charge on any atom is 0.232 e. The molecule has 0 aliphatic heterocycles. The van der Waals surface area contributed by atoms with Gasteiger partial charge in [0.25, 0.3) is 0 Å². The normalized spacial score (nSPS) is 11.2. The second-order valence-electron chi connectivity index (χ2n) is 7.09. The lowest BCUT2D eigenvalue weighted by Gasteiger charge is -2.09. The summed E-state index contributed by atoms with van der Waals surface area (Å²) in [7, 11) is 1.63. The van der Waals surface area contributed by atoms with Crippen LogP contribution in [0.15, 0.2) is 77.5 Å². The van der Waals surface area contributed by atoms with Crippen molar-refractivity contribution in [3.63, 3.8) is 0 Å². The molecule has 0 spiro atoms. The molecule has 4 aromatic rings. The number of nitrogens with one attached hydrogen (secondary N) is 1. The van der Waals surface area contributed by atoms with Crippen molar-refractivity contribution >= 4 is 22.9 Å². The number of benzene rings is 2. The first-order chi connectivity index (χ1) is 15.7. The molecule has 0 aliphatic rings. The highest BCUT2D eigenvalue weighted by atomic mass is 16.5. The quantitative estimate of drug-likeness (QED) is 0.317. The Labute approximate surface area is 185 Å². The van der Waals surface area contributed by atoms with E-state index in [9.17, 15) is 9.90 Å². The van der Waals surface area contributed by atoms with Crippen molar-refractivity contribution in [1.82, 2.24) is 9.97 Å². The van der Waals surface area contributed by atoms with E-state index < -0.39 is 5.97 Å². The van der Waals surface area contributed by atoms with Crippen LogP contribution in [0.3, 0.4) is 0 Å². The summed E-state index contributed by atoms with van der Waals surface area (Å²) in [6, 6.07) is 17.7. The van der Waals surface area contributed by atoms with Crippen molar-refractivity contribution in [3.8, 4) is 28.2 Å². The molecule has 2 aromatic heterocycles. The van der Waals surface area contributed by atoms with Gasteiger partial charge >= 0.3 is 0 Å². The number of ether oxygens (including phenoxy) is 1. The maximum atomic E-state index is 10.5. The number of rotatable bonds is 9. The smallest absolute Gasteiger partial charge is 0.232 e. The van der Waals surface area contributed by atoms with Crippen LogP contribution >= 0.6 is 0 Å². The highest BCUT2D eigenvalue weighted by Crippen LogP contribution is 2.42. The molecule has 4 rings (SSSR count). The Morgan fingerprint density at radius 1 is 1.09 bits per heavy atom. The standard InChI is InChI=1S/C25H23N3O4/c1-31-19-13-11-17(12-14-19)21-22-24(26-15-7-3-6-10-20(29)30)27-16-28-25(22)32-23(21)18-8-4-2-5-9-18/h2,4-6,8-14,16H,3,7,15H2,1H3,(H,29,30)(H,26,27,28)/p-1/b10-6+. The number of carboxylic acids is 1. The van der Waals surface area contributed by atoms with Crippen LogP contribution < -0.4 is 15.2 Å². The number of hydrogen-bond donors (Lipinski definition) is 1. The largest absolute Gasteiger partial charge is 0.545 e. The van der Waals surface area contributed by atoms with Crippen LogP contribution in [-0.4, -0.2) is 29.6 Å². The summed E-state index contributed by atoms with van der Waals surface area (Å²) in [5.41, 5.74) is 3.28. The molecule has 0 amide bonds. The second-order valence-corrected chi connectivity index (χ2v) is 7.09. The molecule has 0 fully saturated rings. The van der Waals surface area contributed by atoms with E-state index in [0.717, 1.165) is 40.3 Å². The van der Waals surface area contributed by atoms with Crippen molar-refractivity contribution in [2.24, 2.45) is 0 Å². The van der Waals surface area contributed by atoms with Crippen molar-refractivity contribution in [3.05, 3.63) is 73.1 Å². The average molecular weight is 428 g/mol. The molecule has 1 N–H and O–H groups in total. The van der Waals surface area contributed by atoms with E-state index in [2.05, 4.69) is 15.3 Å². The van der Waals surface area contributed by atoms with Gasteiger partial charge in [-0.25, -0.2) is 9.97 Å². The van der Waals surface area contributed by atoms with Crippen LogP contribution in [0.25, 0.3) is 33.6 Å². The fourth-order valence-electron chi connectivity index (χ4n) is 3.50. The number of fused-ring (bicyclic) bond motifs is 1. The van der Waals surface area contributed by atoms with E-state index >= 15 is 0 Å². The Morgan fingerprint density at radius 3 is 2.59 bits per heavy atom. The number of aromatic nitrogens is 2. The molecule has 0 bridgehead atoms. The van der Waals surface area contributed by atoms with Crippen molar-refractivity contribution < 1.29 is 19.1 Å². The molecule has 0 aliphatic carbocycles. The monoisotopic (exact) mass is 428 g/mol. The van der Waals surface area contributed by atoms with Crippen LogP contribution in [0.1, 0.15) is 12.8 Å². The number of allylic oxidation sites excluding steroid dienone is 1. The van der Waals surface area contributed by atoms with Gasteiger partial charge in [0.15, 0.2) is 0 Å². The number of unbranched alkanes of at least 4 members (excludes halogenated alkanes) is 1. The topological polar surface area (TPSA) is 100 Å². The fourth-order valence-corrected chi connectivity index (χ4v) is 3.50. The Bertz CT molecular complexity index is 1230. The van der Waals surface area contributed by atoms with Gasteiger partial charge < -0.3 is 24.4 Å². The van der Waals surface area contributed by atoms with Gasteiger partial charge in [-0.1, -0.05) is 48.5 Å². The number of aliphatic carboxylic acids is 1. The molecule has 7 heteroatoms. The molecular weight excluding hydrogens is 406 g/mol. The Balaban J connectivity index is 1.74. The van der Waals surface area contributed by atoms with Gasteiger partial charge in [-0.05, 0) is 36.6 Å². The second kappa shape index (κ2) is 9.78.